The number of likely N-dealkylation sites (N-methyl/N-ethyl adjacent to an activating group) is 1. The van der Waals surface area contributed by atoms with E-state index in [9.17, 15) is 8.78 Å². The number of hydrogen-bond acceptors (Lipinski definition) is 3. The maximum absolute atomic E-state index is 14.1. The van der Waals surface area contributed by atoms with Gasteiger partial charge in [-0.2, -0.15) is 0 Å². The molecule has 2 unspecified atom stereocenters. The molecule has 5 heteroatoms. The first-order chi connectivity index (χ1) is 9.47. The minimum atomic E-state index is -0.541. The zero-order chi connectivity index (χ0) is 14.7. The van der Waals surface area contributed by atoms with Crippen LogP contribution in [0, 0.1) is 11.6 Å². The Morgan fingerprint density at radius 1 is 1.40 bits per heavy atom. The summed E-state index contributed by atoms with van der Waals surface area (Å²) in [4.78, 5) is 1.59. The van der Waals surface area contributed by atoms with Gasteiger partial charge < -0.3 is 15.4 Å². The van der Waals surface area contributed by atoms with Crippen LogP contribution in [0.3, 0.4) is 0 Å². The summed E-state index contributed by atoms with van der Waals surface area (Å²) in [5, 5.41) is 0. The third kappa shape index (κ3) is 3.67. The lowest BCUT2D eigenvalue weighted by atomic mass is 10.1. The van der Waals surface area contributed by atoms with Crippen LogP contribution in [0.5, 0.6) is 0 Å². The summed E-state index contributed by atoms with van der Waals surface area (Å²) in [6.07, 6.45) is 2.47. The van der Waals surface area contributed by atoms with Crippen molar-refractivity contribution in [3.8, 4) is 0 Å². The molecule has 0 aromatic heterocycles. The molecule has 0 amide bonds. The van der Waals surface area contributed by atoms with Gasteiger partial charge in [0.15, 0.2) is 0 Å². The van der Waals surface area contributed by atoms with Gasteiger partial charge in [0.1, 0.15) is 17.3 Å². The number of nitrogens with zero attached hydrogens (tertiary/aromatic N) is 1. The maximum atomic E-state index is 14.1. The maximum Gasteiger partial charge on any atom is 0.149 e. The van der Waals surface area contributed by atoms with E-state index in [4.69, 9.17) is 10.5 Å². The van der Waals surface area contributed by atoms with Gasteiger partial charge in [-0.3, -0.25) is 0 Å². The van der Waals surface area contributed by atoms with Crippen LogP contribution in [0.15, 0.2) is 12.1 Å². The smallest absolute Gasteiger partial charge is 0.149 e. The van der Waals surface area contributed by atoms with Gasteiger partial charge in [0.25, 0.3) is 0 Å². The fraction of sp³-hybridized carbons (Fsp3) is 0.600. The fourth-order valence-corrected chi connectivity index (χ4v) is 2.66. The number of hydrogen-bond donors (Lipinski definition) is 1. The average molecular weight is 284 g/mol. The van der Waals surface area contributed by atoms with Crippen molar-refractivity contribution >= 4 is 5.69 Å². The molecule has 1 aromatic carbocycles. The van der Waals surface area contributed by atoms with Crippen LogP contribution in [0.1, 0.15) is 25.3 Å². The van der Waals surface area contributed by atoms with Gasteiger partial charge in [0.05, 0.1) is 6.10 Å². The first kappa shape index (κ1) is 15.2. The quantitative estimate of drug-likeness (QED) is 0.902. The predicted octanol–water partition coefficient (Wildman–Crippen LogP) is 2.47. The lowest BCUT2D eigenvalue weighted by Crippen LogP contribution is -2.30. The van der Waals surface area contributed by atoms with Crippen LogP contribution >= 0.6 is 0 Å². The monoisotopic (exact) mass is 284 g/mol. The number of nitrogens with two attached hydrogens (primary N) is 1. The number of ether oxygens (including phenoxy) is 1. The lowest BCUT2D eigenvalue weighted by Gasteiger charge is -2.24. The Kier molecular flexibility index (Phi) is 4.94. The zero-order valence-corrected chi connectivity index (χ0v) is 12.0. The van der Waals surface area contributed by atoms with Gasteiger partial charge in [0.2, 0.25) is 0 Å². The van der Waals surface area contributed by atoms with Gasteiger partial charge >= 0.3 is 0 Å². The highest BCUT2D eigenvalue weighted by Gasteiger charge is 2.21. The van der Waals surface area contributed by atoms with E-state index in [2.05, 4.69) is 0 Å². The number of benzene rings is 1. The molecule has 1 fully saturated rings. The van der Waals surface area contributed by atoms with Crippen molar-refractivity contribution in [1.29, 1.82) is 0 Å². The Balaban J connectivity index is 2.13. The topological polar surface area (TPSA) is 38.5 Å². The van der Waals surface area contributed by atoms with E-state index in [-0.39, 0.29) is 17.8 Å². The minimum absolute atomic E-state index is 0.00826. The standard InChI is InChI=1S/C15H22F2N2O/c1-10(18)6-11-7-13(16)15(14(17)8-11)19(2)9-12-4-3-5-20-12/h7-8,10,12H,3-6,9,18H2,1-2H3. The van der Waals surface area contributed by atoms with E-state index in [0.29, 0.717) is 18.5 Å². The van der Waals surface area contributed by atoms with E-state index >= 15 is 0 Å². The van der Waals surface area contributed by atoms with Crippen LogP contribution in [0.4, 0.5) is 14.5 Å². The van der Waals surface area contributed by atoms with Crippen LogP contribution in [0.25, 0.3) is 0 Å². The lowest BCUT2D eigenvalue weighted by molar-refractivity contribution is 0.116. The van der Waals surface area contributed by atoms with E-state index < -0.39 is 11.6 Å². The molecule has 0 saturated carbocycles. The third-order valence-corrected chi connectivity index (χ3v) is 3.52. The highest BCUT2D eigenvalue weighted by Crippen LogP contribution is 2.26. The van der Waals surface area contributed by atoms with Crippen LogP contribution in [-0.4, -0.2) is 32.3 Å². The Bertz CT molecular complexity index is 436. The summed E-state index contributed by atoms with van der Waals surface area (Å²) in [7, 11) is 1.69. The first-order valence-electron chi connectivity index (χ1n) is 7.03. The van der Waals surface area contributed by atoms with E-state index in [0.717, 1.165) is 19.4 Å². The second-order valence-corrected chi connectivity index (χ2v) is 5.61. The minimum Gasteiger partial charge on any atom is -0.376 e. The molecule has 1 aromatic rings. The van der Waals surface area contributed by atoms with Gasteiger partial charge in [-0.25, -0.2) is 8.78 Å². The number of rotatable bonds is 5. The van der Waals surface area contributed by atoms with E-state index in [1.807, 2.05) is 6.92 Å². The molecule has 2 atom stereocenters. The molecule has 1 aliphatic heterocycles. The molecule has 1 saturated heterocycles. The summed E-state index contributed by atoms with van der Waals surface area (Å²) < 4.78 is 33.7. The molecule has 2 N–H and O–H groups in total. The molecule has 0 spiro atoms. The van der Waals surface area contributed by atoms with Crippen molar-refractivity contribution in [3.63, 3.8) is 0 Å². The van der Waals surface area contributed by atoms with Crippen LogP contribution in [0.2, 0.25) is 0 Å². The van der Waals surface area contributed by atoms with Crippen molar-refractivity contribution in [2.75, 3.05) is 25.1 Å². The van der Waals surface area contributed by atoms with Crippen molar-refractivity contribution < 1.29 is 13.5 Å². The number of halogens is 2. The number of anilines is 1. The second-order valence-electron chi connectivity index (χ2n) is 5.61. The molecule has 112 valence electrons. The average Bonchev–Trinajstić information content (AvgIpc) is 2.79. The van der Waals surface area contributed by atoms with Crippen molar-refractivity contribution in [3.05, 3.63) is 29.3 Å². The summed E-state index contributed by atoms with van der Waals surface area (Å²) >= 11 is 0. The molecular formula is C15H22F2N2O. The SMILES string of the molecule is CC(N)Cc1cc(F)c(N(C)CC2CCCO2)c(F)c1. The van der Waals surface area contributed by atoms with Gasteiger partial charge in [-0.1, -0.05) is 0 Å². The summed E-state index contributed by atoms with van der Waals surface area (Å²) in [5.74, 6) is -1.08. The van der Waals surface area contributed by atoms with E-state index in [1.165, 1.54) is 12.1 Å². The largest absolute Gasteiger partial charge is 0.376 e. The zero-order valence-electron chi connectivity index (χ0n) is 12.0. The Morgan fingerprint density at radius 2 is 2.05 bits per heavy atom. The Hall–Kier alpha value is -1.20. The van der Waals surface area contributed by atoms with Crippen molar-refractivity contribution in [2.45, 2.75) is 38.3 Å². The Labute approximate surface area is 118 Å². The van der Waals surface area contributed by atoms with E-state index in [1.54, 1.807) is 11.9 Å². The molecule has 0 aliphatic carbocycles. The second kappa shape index (κ2) is 6.50. The van der Waals surface area contributed by atoms with Crippen molar-refractivity contribution in [2.24, 2.45) is 5.73 Å². The highest BCUT2D eigenvalue weighted by molar-refractivity contribution is 5.50. The van der Waals surface area contributed by atoms with Crippen LogP contribution < -0.4 is 10.6 Å². The fourth-order valence-electron chi connectivity index (χ4n) is 2.66. The Morgan fingerprint density at radius 3 is 2.55 bits per heavy atom. The summed E-state index contributed by atoms with van der Waals surface area (Å²) in [6, 6.07) is 2.62. The van der Waals surface area contributed by atoms with Crippen molar-refractivity contribution in [1.82, 2.24) is 0 Å². The molecule has 0 radical (unpaired) electrons. The normalized spacial score (nSPS) is 20.1. The highest BCUT2D eigenvalue weighted by atomic mass is 19.1. The summed E-state index contributed by atoms with van der Waals surface area (Å²) in [5.41, 5.74) is 6.26. The molecule has 20 heavy (non-hydrogen) atoms. The van der Waals surface area contributed by atoms with Gasteiger partial charge in [0, 0.05) is 26.2 Å². The predicted molar refractivity (Wildman–Crippen MR) is 76.0 cm³/mol. The molecule has 2 rings (SSSR count). The third-order valence-electron chi connectivity index (χ3n) is 3.52. The van der Waals surface area contributed by atoms with Crippen LogP contribution in [-0.2, 0) is 11.2 Å². The molecular weight excluding hydrogens is 262 g/mol. The molecule has 3 nitrogen and oxygen atoms in total. The summed E-state index contributed by atoms with van der Waals surface area (Å²) in [6.45, 7) is 3.05. The van der Waals surface area contributed by atoms with Gasteiger partial charge in [-0.15, -0.1) is 0 Å². The van der Waals surface area contributed by atoms with Gasteiger partial charge in [-0.05, 0) is 43.9 Å². The molecule has 1 heterocycles. The molecule has 1 aliphatic rings. The molecule has 0 bridgehead atoms. The first-order valence-corrected chi connectivity index (χ1v) is 7.03.